The first-order valence-corrected chi connectivity index (χ1v) is 5.85. The normalized spacial score (nSPS) is 13.3. The molecule has 2 aromatic rings. The van der Waals surface area contributed by atoms with Crippen LogP contribution in [0.25, 0.3) is 12.2 Å². The van der Waals surface area contributed by atoms with Crippen LogP contribution in [-0.2, 0) is 9.53 Å². The molecule has 0 atom stereocenters. The van der Waals surface area contributed by atoms with Gasteiger partial charge in [-0.1, -0.05) is 60.7 Å². The van der Waals surface area contributed by atoms with E-state index < -0.39 is 0 Å². The zero-order chi connectivity index (χ0) is 12.4. The lowest BCUT2D eigenvalue weighted by molar-refractivity contribution is -0.132. The fourth-order valence-electron chi connectivity index (χ4n) is 2.35. The van der Waals surface area contributed by atoms with Crippen LogP contribution < -0.4 is 0 Å². The maximum absolute atomic E-state index is 10.8. The van der Waals surface area contributed by atoms with Crippen molar-refractivity contribution in [1.29, 1.82) is 0 Å². The molecule has 0 bridgehead atoms. The van der Waals surface area contributed by atoms with Gasteiger partial charge in [-0.05, 0) is 11.1 Å². The third-order valence-electron chi connectivity index (χ3n) is 3.19. The number of carbonyl (C=O) groups is 1. The van der Waals surface area contributed by atoms with Crippen molar-refractivity contribution in [2.75, 3.05) is 0 Å². The predicted molar refractivity (Wildman–Crippen MR) is 70.8 cm³/mol. The smallest absolute Gasteiger partial charge is 0.294 e. The Bertz CT molecular complexity index is 564. The fourth-order valence-corrected chi connectivity index (χ4v) is 2.35. The highest BCUT2D eigenvalue weighted by atomic mass is 16.5. The molecule has 1 aliphatic rings. The lowest BCUT2D eigenvalue weighted by Crippen LogP contribution is -2.07. The Kier molecular flexibility index (Phi) is 2.69. The third-order valence-corrected chi connectivity index (χ3v) is 3.19. The molecule has 2 aromatic carbocycles. The highest BCUT2D eigenvalue weighted by Gasteiger charge is 2.21. The van der Waals surface area contributed by atoms with Crippen LogP contribution in [0, 0.1) is 0 Å². The summed E-state index contributed by atoms with van der Waals surface area (Å²) in [6.07, 6.45) is 3.79. The molecule has 0 spiro atoms. The van der Waals surface area contributed by atoms with Crippen molar-refractivity contribution in [3.63, 3.8) is 0 Å². The number of hydrogen-bond donors (Lipinski definition) is 0. The van der Waals surface area contributed by atoms with Crippen molar-refractivity contribution in [1.82, 2.24) is 0 Å². The summed E-state index contributed by atoms with van der Waals surface area (Å²) in [5.41, 5.74) is 4.21. The van der Waals surface area contributed by atoms with E-state index in [1.165, 1.54) is 0 Å². The van der Waals surface area contributed by atoms with Gasteiger partial charge in [-0.2, -0.15) is 0 Å². The number of carbonyl (C=O) groups excluding carboxylic acids is 1. The second-order valence-corrected chi connectivity index (χ2v) is 4.20. The van der Waals surface area contributed by atoms with Crippen molar-refractivity contribution in [2.45, 2.75) is 6.10 Å². The maximum Gasteiger partial charge on any atom is 0.294 e. The summed E-state index contributed by atoms with van der Waals surface area (Å²) in [5.74, 6) is 0. The average Bonchev–Trinajstić information content (AvgIpc) is 2.58. The van der Waals surface area contributed by atoms with E-state index in [2.05, 4.69) is 12.2 Å². The molecule has 0 unspecified atom stereocenters. The summed E-state index contributed by atoms with van der Waals surface area (Å²) in [4.78, 5) is 10.8. The van der Waals surface area contributed by atoms with E-state index in [9.17, 15) is 4.79 Å². The largest absolute Gasteiger partial charge is 0.455 e. The van der Waals surface area contributed by atoms with Gasteiger partial charge >= 0.3 is 0 Å². The summed E-state index contributed by atoms with van der Waals surface area (Å²) in [6, 6.07) is 15.9. The average molecular weight is 236 g/mol. The predicted octanol–water partition coefficient (Wildman–Crippen LogP) is 3.43. The molecule has 2 nitrogen and oxygen atoms in total. The van der Waals surface area contributed by atoms with Gasteiger partial charge in [-0.25, -0.2) is 0 Å². The summed E-state index contributed by atoms with van der Waals surface area (Å²) in [7, 11) is 0. The van der Waals surface area contributed by atoms with Crippen molar-refractivity contribution in [2.24, 2.45) is 0 Å². The zero-order valence-corrected chi connectivity index (χ0v) is 9.74. The quantitative estimate of drug-likeness (QED) is 0.747. The van der Waals surface area contributed by atoms with E-state index in [0.29, 0.717) is 6.47 Å². The van der Waals surface area contributed by atoms with Crippen LogP contribution in [0.1, 0.15) is 28.4 Å². The van der Waals surface area contributed by atoms with Crippen LogP contribution in [-0.4, -0.2) is 6.47 Å². The van der Waals surface area contributed by atoms with Crippen molar-refractivity contribution in [3.05, 3.63) is 70.8 Å². The maximum atomic E-state index is 10.8. The van der Waals surface area contributed by atoms with E-state index >= 15 is 0 Å². The highest BCUT2D eigenvalue weighted by Crippen LogP contribution is 2.34. The van der Waals surface area contributed by atoms with Crippen LogP contribution in [0.15, 0.2) is 48.5 Å². The first kappa shape index (κ1) is 10.8. The lowest BCUT2D eigenvalue weighted by atomic mass is 9.97. The van der Waals surface area contributed by atoms with Crippen LogP contribution >= 0.6 is 0 Å². The first-order chi connectivity index (χ1) is 8.90. The van der Waals surface area contributed by atoms with E-state index in [1.807, 2.05) is 48.5 Å². The van der Waals surface area contributed by atoms with Gasteiger partial charge < -0.3 is 4.74 Å². The van der Waals surface area contributed by atoms with E-state index in [-0.39, 0.29) is 6.10 Å². The van der Waals surface area contributed by atoms with Gasteiger partial charge in [0.05, 0.1) is 0 Å². The molecule has 0 fully saturated rings. The van der Waals surface area contributed by atoms with Gasteiger partial charge in [0.2, 0.25) is 0 Å². The standard InChI is InChI=1S/C16H12O2/c17-11-18-16-14-7-3-1-5-12(14)9-10-13-6-2-4-8-15(13)16/h1-11,16H. The molecular formula is C16H12O2. The molecule has 0 heterocycles. The third kappa shape index (κ3) is 1.72. The van der Waals surface area contributed by atoms with Gasteiger partial charge in [0.25, 0.3) is 6.47 Å². The minimum atomic E-state index is -0.329. The summed E-state index contributed by atoms with van der Waals surface area (Å²) < 4.78 is 5.30. The van der Waals surface area contributed by atoms with Gasteiger partial charge in [0.1, 0.15) is 0 Å². The van der Waals surface area contributed by atoms with Crippen LogP contribution in [0.2, 0.25) is 0 Å². The second kappa shape index (κ2) is 4.49. The second-order valence-electron chi connectivity index (χ2n) is 4.20. The van der Waals surface area contributed by atoms with Crippen molar-refractivity contribution in [3.8, 4) is 0 Å². The molecule has 18 heavy (non-hydrogen) atoms. The van der Waals surface area contributed by atoms with Gasteiger partial charge in [0, 0.05) is 11.1 Å². The molecule has 0 amide bonds. The molecule has 0 saturated heterocycles. The molecule has 0 N–H and O–H groups in total. The van der Waals surface area contributed by atoms with Gasteiger partial charge in [-0.3, -0.25) is 4.79 Å². The van der Waals surface area contributed by atoms with E-state index in [0.717, 1.165) is 22.3 Å². The van der Waals surface area contributed by atoms with Crippen LogP contribution in [0.5, 0.6) is 0 Å². The Morgan fingerprint density at radius 3 is 1.83 bits per heavy atom. The van der Waals surface area contributed by atoms with Crippen molar-refractivity contribution < 1.29 is 9.53 Å². The van der Waals surface area contributed by atoms with Gasteiger partial charge in [-0.15, -0.1) is 0 Å². The van der Waals surface area contributed by atoms with Crippen LogP contribution in [0.3, 0.4) is 0 Å². The molecule has 0 aromatic heterocycles. The lowest BCUT2D eigenvalue weighted by Gasteiger charge is -2.18. The fraction of sp³-hybridized carbons (Fsp3) is 0.0625. The van der Waals surface area contributed by atoms with Crippen molar-refractivity contribution >= 4 is 18.6 Å². The minimum absolute atomic E-state index is 0.329. The molecule has 0 aliphatic heterocycles. The number of rotatable bonds is 2. The molecule has 0 radical (unpaired) electrons. The molecule has 3 rings (SSSR count). The topological polar surface area (TPSA) is 26.3 Å². The summed E-state index contributed by atoms with van der Waals surface area (Å²) in [6.45, 7) is 0.517. The zero-order valence-electron chi connectivity index (χ0n) is 9.74. The monoisotopic (exact) mass is 236 g/mol. The molecule has 88 valence electrons. The Labute approximate surface area is 106 Å². The number of fused-ring (bicyclic) bond motifs is 2. The SMILES string of the molecule is O=COC1c2ccccc2C=Cc2ccccc21. The number of hydrogen-bond acceptors (Lipinski definition) is 2. The Balaban J connectivity index is 2.23. The highest BCUT2D eigenvalue weighted by molar-refractivity contribution is 5.76. The Hall–Kier alpha value is -2.35. The molecular weight excluding hydrogens is 224 g/mol. The number of benzene rings is 2. The molecule has 1 aliphatic carbocycles. The van der Waals surface area contributed by atoms with Gasteiger partial charge in [0.15, 0.2) is 6.10 Å². The number of ether oxygens (including phenoxy) is 1. The van der Waals surface area contributed by atoms with Crippen LogP contribution in [0.4, 0.5) is 0 Å². The van der Waals surface area contributed by atoms with E-state index in [4.69, 9.17) is 4.74 Å². The molecule has 0 saturated carbocycles. The summed E-state index contributed by atoms with van der Waals surface area (Å²) in [5, 5.41) is 0. The summed E-state index contributed by atoms with van der Waals surface area (Å²) >= 11 is 0. The minimum Gasteiger partial charge on any atom is -0.455 e. The Morgan fingerprint density at radius 2 is 1.33 bits per heavy atom. The van der Waals surface area contributed by atoms with E-state index in [1.54, 1.807) is 0 Å². The Morgan fingerprint density at radius 1 is 0.833 bits per heavy atom. The first-order valence-electron chi connectivity index (χ1n) is 5.85. The molecule has 2 heteroatoms.